The van der Waals surface area contributed by atoms with Gasteiger partial charge < -0.3 is 28.9 Å². The van der Waals surface area contributed by atoms with Crippen molar-refractivity contribution in [2.24, 2.45) is 7.05 Å². The number of allylic oxidation sites excluding steroid dienone is 8. The predicted octanol–water partition coefficient (Wildman–Crippen LogP) is 0.518. The highest BCUT2D eigenvalue weighted by molar-refractivity contribution is 5.88. The molecular formula is C19H21IN2. The van der Waals surface area contributed by atoms with Gasteiger partial charge in [-0.2, -0.15) is 0 Å². The Labute approximate surface area is 149 Å². The van der Waals surface area contributed by atoms with Crippen molar-refractivity contribution >= 4 is 5.57 Å². The van der Waals surface area contributed by atoms with Crippen molar-refractivity contribution in [1.29, 1.82) is 0 Å². The number of nitrogens with zero attached hydrogens (tertiary/aromatic N) is 2. The van der Waals surface area contributed by atoms with E-state index < -0.39 is 0 Å². The summed E-state index contributed by atoms with van der Waals surface area (Å²) in [5.41, 5.74) is 7.95. The molecule has 1 aliphatic heterocycles. The van der Waals surface area contributed by atoms with E-state index in [0.717, 1.165) is 0 Å². The highest BCUT2D eigenvalue weighted by Crippen LogP contribution is 2.38. The summed E-state index contributed by atoms with van der Waals surface area (Å²) in [6, 6.07) is 4.35. The molecule has 0 radical (unpaired) electrons. The summed E-state index contributed by atoms with van der Waals surface area (Å²) in [6.45, 7) is 4.42. The summed E-state index contributed by atoms with van der Waals surface area (Å²) in [6.07, 6.45) is 15.1. The molecule has 0 saturated heterocycles. The Morgan fingerprint density at radius 1 is 0.955 bits per heavy atom. The summed E-state index contributed by atoms with van der Waals surface area (Å²) in [7, 11) is 4.09. The second-order valence-corrected chi connectivity index (χ2v) is 5.73. The molecule has 0 bridgehead atoms. The van der Waals surface area contributed by atoms with Crippen molar-refractivity contribution in [1.82, 2.24) is 4.90 Å². The van der Waals surface area contributed by atoms with Crippen molar-refractivity contribution in [2.75, 3.05) is 7.05 Å². The number of aromatic nitrogens is 1. The fraction of sp³-hybridized carbons (Fsp3) is 0.211. The molecule has 0 fully saturated rings. The van der Waals surface area contributed by atoms with E-state index in [0.29, 0.717) is 0 Å². The zero-order valence-electron chi connectivity index (χ0n) is 13.5. The lowest BCUT2D eigenvalue weighted by Gasteiger charge is -2.13. The minimum atomic E-state index is 0. The van der Waals surface area contributed by atoms with E-state index in [9.17, 15) is 0 Å². The van der Waals surface area contributed by atoms with E-state index in [4.69, 9.17) is 0 Å². The van der Waals surface area contributed by atoms with Crippen LogP contribution in [0.2, 0.25) is 0 Å². The van der Waals surface area contributed by atoms with Gasteiger partial charge in [0, 0.05) is 31.6 Å². The maximum atomic E-state index is 2.31. The second kappa shape index (κ2) is 6.65. The lowest BCUT2D eigenvalue weighted by Crippen LogP contribution is -3.00. The minimum Gasteiger partial charge on any atom is -1.00 e. The average molecular weight is 404 g/mol. The van der Waals surface area contributed by atoms with Gasteiger partial charge in [-0.15, -0.1) is 0 Å². The fourth-order valence-electron chi connectivity index (χ4n) is 2.73. The van der Waals surface area contributed by atoms with Crippen LogP contribution in [0.1, 0.15) is 19.4 Å². The van der Waals surface area contributed by atoms with Crippen LogP contribution in [0.25, 0.3) is 5.57 Å². The van der Waals surface area contributed by atoms with Crippen LogP contribution in [0.15, 0.2) is 77.4 Å². The van der Waals surface area contributed by atoms with Gasteiger partial charge in [-0.1, -0.05) is 0 Å². The number of pyridine rings is 1. The largest absolute Gasteiger partial charge is 1.00 e. The first kappa shape index (κ1) is 16.7. The highest BCUT2D eigenvalue weighted by Gasteiger charge is 2.19. The third kappa shape index (κ3) is 3.09. The summed E-state index contributed by atoms with van der Waals surface area (Å²) in [5, 5.41) is 0. The summed E-state index contributed by atoms with van der Waals surface area (Å²) in [5.74, 6) is 0. The van der Waals surface area contributed by atoms with Gasteiger partial charge in [-0.3, -0.25) is 0 Å². The first-order chi connectivity index (χ1) is 10.1. The van der Waals surface area contributed by atoms with Gasteiger partial charge in [-0.25, -0.2) is 4.57 Å². The molecule has 0 N–H and O–H groups in total. The molecule has 2 heterocycles. The summed E-state index contributed by atoms with van der Waals surface area (Å²) >= 11 is 0. The zero-order chi connectivity index (χ0) is 15.0. The first-order valence-electron chi connectivity index (χ1n) is 7.24. The molecule has 3 rings (SSSR count). The van der Waals surface area contributed by atoms with Gasteiger partial charge in [-0.05, 0) is 65.5 Å². The Bertz CT molecular complexity index is 715. The average Bonchev–Trinajstić information content (AvgIpc) is 2.78. The highest BCUT2D eigenvalue weighted by atomic mass is 127. The van der Waals surface area contributed by atoms with Crippen LogP contribution in [0.5, 0.6) is 0 Å². The van der Waals surface area contributed by atoms with E-state index in [-0.39, 0.29) is 24.0 Å². The van der Waals surface area contributed by atoms with Crippen LogP contribution in [-0.2, 0) is 7.05 Å². The third-order valence-electron chi connectivity index (χ3n) is 4.24. The standard InChI is InChI=1S/C19H21N2.HI/c1-14-15(2)19(17-7-11-21(4)12-8-17)13-18(14)16-5-9-20(3)10-6-16;/h5-13H,1-4H3;1H/q+1;/p-1. The summed E-state index contributed by atoms with van der Waals surface area (Å²) < 4.78 is 2.06. The van der Waals surface area contributed by atoms with Gasteiger partial charge in [0.15, 0.2) is 12.4 Å². The first-order valence-corrected chi connectivity index (χ1v) is 7.24. The molecular weight excluding hydrogens is 383 g/mol. The van der Waals surface area contributed by atoms with Gasteiger partial charge >= 0.3 is 0 Å². The Balaban J connectivity index is 0.00000176. The van der Waals surface area contributed by atoms with Crippen LogP contribution < -0.4 is 28.5 Å². The Hall–Kier alpha value is -1.62. The molecule has 22 heavy (non-hydrogen) atoms. The van der Waals surface area contributed by atoms with E-state index >= 15 is 0 Å². The predicted molar refractivity (Wildman–Crippen MR) is 87.0 cm³/mol. The molecule has 0 saturated carbocycles. The molecule has 2 aliphatic rings. The van der Waals surface area contributed by atoms with Gasteiger partial charge in [0.05, 0.1) is 0 Å². The number of hydrogen-bond donors (Lipinski definition) is 0. The molecule has 0 spiro atoms. The molecule has 3 heteroatoms. The topological polar surface area (TPSA) is 7.12 Å². The molecule has 0 unspecified atom stereocenters. The van der Waals surface area contributed by atoms with E-state index in [1.165, 1.54) is 33.4 Å². The van der Waals surface area contributed by atoms with Gasteiger partial charge in [0.1, 0.15) is 7.05 Å². The van der Waals surface area contributed by atoms with Gasteiger partial charge in [0.25, 0.3) is 0 Å². The SMILES string of the molecule is CC1=C(C)C(=C2C=CN(C)C=C2)C=C1c1cc[n+](C)cc1.[I-]. The maximum absolute atomic E-state index is 2.31. The van der Waals surface area contributed by atoms with Crippen LogP contribution in [0.4, 0.5) is 0 Å². The van der Waals surface area contributed by atoms with E-state index in [1.54, 1.807) is 0 Å². The third-order valence-corrected chi connectivity index (χ3v) is 4.24. The Kier molecular flexibility index (Phi) is 5.06. The van der Waals surface area contributed by atoms with Crippen LogP contribution >= 0.6 is 0 Å². The smallest absolute Gasteiger partial charge is 0.169 e. The fourth-order valence-corrected chi connectivity index (χ4v) is 2.73. The van der Waals surface area contributed by atoms with Crippen molar-refractivity contribution in [3.05, 3.63) is 83.0 Å². The maximum Gasteiger partial charge on any atom is 0.169 e. The normalized spacial score (nSPS) is 17.1. The van der Waals surface area contributed by atoms with Crippen molar-refractivity contribution < 1.29 is 28.5 Å². The van der Waals surface area contributed by atoms with E-state index in [2.05, 4.69) is 78.5 Å². The van der Waals surface area contributed by atoms with Gasteiger partial charge in [0.2, 0.25) is 0 Å². The minimum absolute atomic E-state index is 0. The molecule has 1 aliphatic carbocycles. The number of aryl methyl sites for hydroxylation is 1. The van der Waals surface area contributed by atoms with Crippen molar-refractivity contribution in [3.8, 4) is 0 Å². The molecule has 1 aromatic rings. The molecule has 2 nitrogen and oxygen atoms in total. The van der Waals surface area contributed by atoms with Crippen LogP contribution in [0.3, 0.4) is 0 Å². The molecule has 1 aromatic heterocycles. The monoisotopic (exact) mass is 404 g/mol. The number of hydrogen-bond acceptors (Lipinski definition) is 1. The second-order valence-electron chi connectivity index (χ2n) is 5.73. The zero-order valence-corrected chi connectivity index (χ0v) is 15.6. The molecule has 114 valence electrons. The molecule has 0 atom stereocenters. The van der Waals surface area contributed by atoms with Crippen molar-refractivity contribution in [2.45, 2.75) is 13.8 Å². The summed E-state index contributed by atoms with van der Waals surface area (Å²) in [4.78, 5) is 2.06. The van der Waals surface area contributed by atoms with E-state index in [1.807, 2.05) is 14.1 Å². The number of halogens is 1. The molecule has 0 aromatic carbocycles. The lowest BCUT2D eigenvalue weighted by molar-refractivity contribution is -0.671. The number of rotatable bonds is 1. The Morgan fingerprint density at radius 3 is 2.14 bits per heavy atom. The van der Waals surface area contributed by atoms with Crippen LogP contribution in [0, 0.1) is 0 Å². The van der Waals surface area contributed by atoms with Crippen molar-refractivity contribution in [3.63, 3.8) is 0 Å². The molecule has 0 amide bonds. The lowest BCUT2D eigenvalue weighted by atomic mass is 10.0. The van der Waals surface area contributed by atoms with Crippen LogP contribution in [-0.4, -0.2) is 11.9 Å². The Morgan fingerprint density at radius 2 is 1.55 bits per heavy atom. The quantitative estimate of drug-likeness (QED) is 0.489.